The van der Waals surface area contributed by atoms with E-state index in [9.17, 15) is 10.1 Å². The van der Waals surface area contributed by atoms with Crippen LogP contribution in [0.3, 0.4) is 0 Å². The molecule has 0 N–H and O–H groups in total. The molecule has 1 saturated heterocycles. The average molecular weight is 380 g/mol. The van der Waals surface area contributed by atoms with Gasteiger partial charge in [0.05, 0.1) is 11.5 Å². The van der Waals surface area contributed by atoms with Gasteiger partial charge in [-0.2, -0.15) is 5.26 Å². The molecule has 124 valence electrons. The Morgan fingerprint density at radius 1 is 1.48 bits per heavy atom. The van der Waals surface area contributed by atoms with Crippen LogP contribution in [0.15, 0.2) is 22.9 Å². The van der Waals surface area contributed by atoms with Crippen LogP contribution in [0.5, 0.6) is 0 Å². The minimum absolute atomic E-state index is 0.299. The highest BCUT2D eigenvalue weighted by Gasteiger charge is 2.37. The van der Waals surface area contributed by atoms with E-state index in [1.165, 1.54) is 0 Å². The van der Waals surface area contributed by atoms with Gasteiger partial charge in [0.25, 0.3) is 0 Å². The highest BCUT2D eigenvalue weighted by atomic mass is 79.9. The van der Waals surface area contributed by atoms with Crippen LogP contribution in [0, 0.1) is 16.7 Å². The Kier molecular flexibility index (Phi) is 5.30. The molecular weight excluding hydrogens is 358 g/mol. The van der Waals surface area contributed by atoms with Gasteiger partial charge in [0, 0.05) is 19.3 Å². The number of hydrogen-bond donors (Lipinski definition) is 0. The Hall–Kier alpha value is -1.61. The molecule has 5 nitrogen and oxygen atoms in total. The van der Waals surface area contributed by atoms with E-state index in [0.717, 1.165) is 10.2 Å². The van der Waals surface area contributed by atoms with Gasteiger partial charge in [-0.1, -0.05) is 6.07 Å². The van der Waals surface area contributed by atoms with Crippen molar-refractivity contribution < 1.29 is 9.53 Å². The molecule has 1 aromatic rings. The van der Waals surface area contributed by atoms with Gasteiger partial charge in [-0.3, -0.25) is 0 Å². The van der Waals surface area contributed by atoms with Gasteiger partial charge in [0.2, 0.25) is 0 Å². The molecule has 0 atom stereocenters. The van der Waals surface area contributed by atoms with E-state index in [1.807, 2.05) is 32.9 Å². The number of nitrogens with zero attached hydrogens (tertiary/aromatic N) is 3. The fourth-order valence-corrected chi connectivity index (χ4v) is 3.08. The molecule has 23 heavy (non-hydrogen) atoms. The number of pyridine rings is 1. The number of hydrogen-bond acceptors (Lipinski definition) is 4. The molecule has 2 heterocycles. The predicted octanol–water partition coefficient (Wildman–Crippen LogP) is 3.93. The third kappa shape index (κ3) is 4.68. The quantitative estimate of drug-likeness (QED) is 0.730. The number of ether oxygens (including phenoxy) is 1. The van der Waals surface area contributed by atoms with Crippen LogP contribution >= 0.6 is 15.9 Å². The summed E-state index contributed by atoms with van der Waals surface area (Å²) in [6.07, 6.45) is 3.35. The summed E-state index contributed by atoms with van der Waals surface area (Å²) >= 11 is 3.44. The van der Waals surface area contributed by atoms with Crippen LogP contribution in [0.25, 0.3) is 0 Å². The number of carbonyl (C=O) groups excluding carboxylic acids is 1. The minimum Gasteiger partial charge on any atom is -0.444 e. The monoisotopic (exact) mass is 379 g/mol. The summed E-state index contributed by atoms with van der Waals surface area (Å²) in [7, 11) is 0. The number of likely N-dealkylation sites (tertiary alicyclic amines) is 1. The third-order valence-electron chi connectivity index (χ3n) is 3.97. The molecule has 1 aliphatic heterocycles. The molecule has 1 aromatic heterocycles. The largest absolute Gasteiger partial charge is 0.444 e. The standard InChI is InChI=1S/C17H22BrN3O2/c1-16(2,3)23-15(22)21-9-6-17(12-19,7-10-21)11-13-5-4-8-20-14(13)18/h4-5,8H,6-7,9-11H2,1-3H3. The molecule has 0 unspecified atom stereocenters. The highest BCUT2D eigenvalue weighted by Crippen LogP contribution is 2.36. The molecule has 0 radical (unpaired) electrons. The van der Waals surface area contributed by atoms with E-state index in [0.29, 0.717) is 32.4 Å². The lowest BCUT2D eigenvalue weighted by Crippen LogP contribution is -2.45. The first-order chi connectivity index (χ1) is 10.7. The van der Waals surface area contributed by atoms with E-state index in [4.69, 9.17) is 4.74 Å². The number of carbonyl (C=O) groups is 1. The van der Waals surface area contributed by atoms with Crippen molar-refractivity contribution in [1.82, 2.24) is 9.88 Å². The molecule has 1 aliphatic rings. The lowest BCUT2D eigenvalue weighted by Gasteiger charge is -2.38. The van der Waals surface area contributed by atoms with E-state index >= 15 is 0 Å². The van der Waals surface area contributed by atoms with E-state index in [-0.39, 0.29) is 6.09 Å². The van der Waals surface area contributed by atoms with Gasteiger partial charge in [-0.15, -0.1) is 0 Å². The first-order valence-electron chi connectivity index (χ1n) is 7.73. The van der Waals surface area contributed by atoms with Crippen molar-refractivity contribution in [2.45, 2.75) is 45.6 Å². The van der Waals surface area contributed by atoms with E-state index in [2.05, 4.69) is 27.0 Å². The van der Waals surface area contributed by atoms with Crippen molar-refractivity contribution in [2.75, 3.05) is 13.1 Å². The molecule has 1 amide bonds. The summed E-state index contributed by atoms with van der Waals surface area (Å²) in [5, 5.41) is 9.68. The molecule has 0 aliphatic carbocycles. The topological polar surface area (TPSA) is 66.2 Å². The SMILES string of the molecule is CC(C)(C)OC(=O)N1CCC(C#N)(Cc2cccnc2Br)CC1. The zero-order chi connectivity index (χ0) is 17.1. The Morgan fingerprint density at radius 2 is 2.13 bits per heavy atom. The van der Waals surface area contributed by atoms with Crippen LogP contribution in [0.1, 0.15) is 39.2 Å². The van der Waals surface area contributed by atoms with Gasteiger partial charge in [-0.25, -0.2) is 9.78 Å². The van der Waals surface area contributed by atoms with Crippen molar-refractivity contribution in [3.05, 3.63) is 28.5 Å². The van der Waals surface area contributed by atoms with Crippen molar-refractivity contribution in [2.24, 2.45) is 5.41 Å². The fourth-order valence-electron chi connectivity index (χ4n) is 2.69. The van der Waals surface area contributed by atoms with Crippen LogP contribution in [0.2, 0.25) is 0 Å². The Labute approximate surface area is 145 Å². The van der Waals surface area contributed by atoms with Gasteiger partial charge < -0.3 is 9.64 Å². The summed E-state index contributed by atoms with van der Waals surface area (Å²) < 4.78 is 6.18. The van der Waals surface area contributed by atoms with Crippen molar-refractivity contribution in [3.63, 3.8) is 0 Å². The van der Waals surface area contributed by atoms with Crippen molar-refractivity contribution in [3.8, 4) is 6.07 Å². The van der Waals surface area contributed by atoms with Crippen LogP contribution in [-0.2, 0) is 11.2 Å². The number of aromatic nitrogens is 1. The van der Waals surface area contributed by atoms with E-state index < -0.39 is 11.0 Å². The lowest BCUT2D eigenvalue weighted by molar-refractivity contribution is 0.0148. The molecule has 0 saturated carbocycles. The normalized spacial score (nSPS) is 17.4. The Balaban J connectivity index is 2.02. The zero-order valence-corrected chi connectivity index (χ0v) is 15.4. The number of nitriles is 1. The summed E-state index contributed by atoms with van der Waals surface area (Å²) in [6.45, 7) is 6.65. The van der Waals surface area contributed by atoms with Gasteiger partial charge in [0.15, 0.2) is 0 Å². The van der Waals surface area contributed by atoms with Crippen molar-refractivity contribution in [1.29, 1.82) is 5.26 Å². The van der Waals surface area contributed by atoms with Gasteiger partial charge >= 0.3 is 6.09 Å². The minimum atomic E-state index is -0.499. The summed E-state index contributed by atoms with van der Waals surface area (Å²) in [4.78, 5) is 18.0. The zero-order valence-electron chi connectivity index (χ0n) is 13.8. The Morgan fingerprint density at radius 3 is 2.65 bits per heavy atom. The average Bonchev–Trinajstić information content (AvgIpc) is 2.48. The van der Waals surface area contributed by atoms with Crippen LogP contribution in [0.4, 0.5) is 4.79 Å². The highest BCUT2D eigenvalue weighted by molar-refractivity contribution is 9.10. The number of halogens is 1. The second-order valence-electron chi connectivity index (χ2n) is 6.99. The number of amides is 1. The summed E-state index contributed by atoms with van der Waals surface area (Å²) in [5.74, 6) is 0. The second kappa shape index (κ2) is 6.88. The number of piperidine rings is 1. The summed E-state index contributed by atoms with van der Waals surface area (Å²) in [5.41, 5.74) is 0.0747. The number of rotatable bonds is 2. The third-order valence-corrected chi connectivity index (χ3v) is 4.69. The smallest absolute Gasteiger partial charge is 0.410 e. The lowest BCUT2D eigenvalue weighted by atomic mass is 9.75. The fraction of sp³-hybridized carbons (Fsp3) is 0.588. The molecule has 0 aromatic carbocycles. The maximum absolute atomic E-state index is 12.1. The van der Waals surface area contributed by atoms with Crippen LogP contribution in [-0.4, -0.2) is 34.7 Å². The molecule has 0 bridgehead atoms. The molecule has 2 rings (SSSR count). The molecule has 1 fully saturated rings. The second-order valence-corrected chi connectivity index (χ2v) is 7.74. The van der Waals surface area contributed by atoms with E-state index in [1.54, 1.807) is 11.1 Å². The Bertz CT molecular complexity index is 611. The predicted molar refractivity (Wildman–Crippen MR) is 90.7 cm³/mol. The molecular formula is C17H22BrN3O2. The molecule has 6 heteroatoms. The van der Waals surface area contributed by atoms with Gasteiger partial charge in [-0.05, 0) is 67.6 Å². The first kappa shape index (κ1) is 17.7. The maximum Gasteiger partial charge on any atom is 0.410 e. The molecule has 0 spiro atoms. The van der Waals surface area contributed by atoms with Gasteiger partial charge in [0.1, 0.15) is 10.2 Å². The van der Waals surface area contributed by atoms with Crippen LogP contribution < -0.4 is 0 Å². The summed E-state index contributed by atoms with van der Waals surface area (Å²) in [6, 6.07) is 6.33. The maximum atomic E-state index is 12.1. The van der Waals surface area contributed by atoms with Crippen molar-refractivity contribution >= 4 is 22.0 Å². The first-order valence-corrected chi connectivity index (χ1v) is 8.53.